The normalized spacial score (nSPS) is 23.2. The van der Waals surface area contributed by atoms with E-state index < -0.39 is 21.4 Å². The molecule has 0 saturated carbocycles. The zero-order valence-corrected chi connectivity index (χ0v) is 37.8. The van der Waals surface area contributed by atoms with Gasteiger partial charge in [-0.25, -0.2) is 22.4 Å². The number of halogens is 2. The third-order valence-electron chi connectivity index (χ3n) is 11.7. The van der Waals surface area contributed by atoms with Crippen LogP contribution in [0.5, 0.6) is 0 Å². The van der Waals surface area contributed by atoms with Crippen molar-refractivity contribution in [3.8, 4) is 0 Å². The summed E-state index contributed by atoms with van der Waals surface area (Å²) in [6, 6.07) is 7.66. The monoisotopic (exact) mass is 922 g/mol. The van der Waals surface area contributed by atoms with Crippen molar-refractivity contribution in [2.24, 2.45) is 5.73 Å². The first-order valence-corrected chi connectivity index (χ1v) is 25.2. The third-order valence-corrected chi connectivity index (χ3v) is 16.4. The Labute approximate surface area is 372 Å². The van der Waals surface area contributed by atoms with Crippen LogP contribution in [0.2, 0.25) is 0 Å². The van der Waals surface area contributed by atoms with Crippen molar-refractivity contribution in [2.45, 2.75) is 130 Å². The summed E-state index contributed by atoms with van der Waals surface area (Å²) in [6.07, 6.45) is 16.7. The number of benzene rings is 1. The number of carbonyl (C=O) groups excluding carboxylic acids is 2. The number of amides is 4. The molecule has 0 spiro atoms. The average molecular weight is 924 g/mol. The molecule has 3 aromatic rings. The molecule has 0 radical (unpaired) electrons. The van der Waals surface area contributed by atoms with Crippen LogP contribution in [0.1, 0.15) is 75.6 Å². The first-order chi connectivity index (χ1) is 29.1. The predicted molar refractivity (Wildman–Crippen MR) is 241 cm³/mol. The lowest BCUT2D eigenvalue weighted by Crippen LogP contribution is -2.36. The molecule has 4 aliphatic heterocycles. The minimum Gasteiger partial charge on any atom is -0.371 e. The van der Waals surface area contributed by atoms with E-state index in [1.54, 1.807) is 12.1 Å². The van der Waals surface area contributed by atoms with Crippen molar-refractivity contribution in [3.05, 3.63) is 59.9 Å². The summed E-state index contributed by atoms with van der Waals surface area (Å²) in [7, 11) is -3.91. The second-order valence-corrected chi connectivity index (χ2v) is 20.8. The quantitative estimate of drug-likeness (QED) is 0.0593. The summed E-state index contributed by atoms with van der Waals surface area (Å²) in [5.41, 5.74) is 7.98. The van der Waals surface area contributed by atoms with Crippen LogP contribution < -0.4 is 31.9 Å². The molecule has 7 rings (SSSR count). The van der Waals surface area contributed by atoms with E-state index in [1.807, 2.05) is 51.3 Å². The number of hydrogen-bond donors (Lipinski definition) is 5. The summed E-state index contributed by atoms with van der Waals surface area (Å²) in [6.45, 7) is 2.85. The van der Waals surface area contributed by atoms with Crippen molar-refractivity contribution in [1.29, 1.82) is 0 Å². The number of rotatable bonds is 25. The smallest absolute Gasteiger partial charge is 0.315 e. The van der Waals surface area contributed by atoms with Gasteiger partial charge in [0.15, 0.2) is 9.84 Å². The highest BCUT2D eigenvalue weighted by Gasteiger charge is 2.43. The van der Waals surface area contributed by atoms with Gasteiger partial charge in [0, 0.05) is 72.8 Å². The van der Waals surface area contributed by atoms with Crippen molar-refractivity contribution < 1.29 is 22.4 Å². The fourth-order valence-electron chi connectivity index (χ4n) is 8.60. The predicted octanol–water partition coefficient (Wildman–Crippen LogP) is 4.40. The molecule has 21 heteroatoms. The number of nitrogens with two attached hydrogens (primary N) is 1. The Morgan fingerprint density at radius 3 is 1.87 bits per heavy atom. The van der Waals surface area contributed by atoms with Gasteiger partial charge in [-0.15, -0.1) is 22.6 Å². The summed E-state index contributed by atoms with van der Waals surface area (Å²) in [4.78, 5) is 25.6. The number of nitrogens with one attached hydrogen (secondary N) is 4. The number of hydrogen-bond acceptors (Lipinski definition) is 12. The number of thioether (sulfide) groups is 2. The number of unbranched alkanes of at least 4 members (excludes halogenated alkanes) is 4. The summed E-state index contributed by atoms with van der Waals surface area (Å²) >= 11 is 3.90. The maximum absolute atomic E-state index is 14.3. The number of urea groups is 2. The SMILES string of the molecule is Cl.NC/C=C(\F)CS(=O)(=O)c1cccc(N(CCCc2cn(CCCCC[C@@H]3SC[C@@H]4NC(=O)N[C@@H]43)nn2)CCCc2cn(CCCCC[C@@H]3SC[C@@H]4NC(=O)N[C@@H]43)nn2)c1. The highest BCUT2D eigenvalue weighted by Crippen LogP contribution is 2.34. The van der Waals surface area contributed by atoms with Crippen LogP contribution in [0.4, 0.5) is 19.7 Å². The molecule has 0 unspecified atom stereocenters. The Kier molecular flexibility index (Phi) is 17.4. The van der Waals surface area contributed by atoms with Gasteiger partial charge in [0.1, 0.15) is 11.6 Å². The number of carbonyl (C=O) groups is 2. The number of nitrogens with zero attached hydrogens (tertiary/aromatic N) is 7. The molecule has 0 aliphatic carbocycles. The van der Waals surface area contributed by atoms with E-state index in [2.05, 4.69) is 46.8 Å². The lowest BCUT2D eigenvalue weighted by atomic mass is 10.0. The molecule has 0 bridgehead atoms. The maximum atomic E-state index is 14.3. The third kappa shape index (κ3) is 13.2. The molecule has 336 valence electrons. The van der Waals surface area contributed by atoms with E-state index in [1.165, 1.54) is 6.07 Å². The number of sulfone groups is 1. The van der Waals surface area contributed by atoms with Gasteiger partial charge >= 0.3 is 12.1 Å². The Morgan fingerprint density at radius 1 is 0.803 bits per heavy atom. The van der Waals surface area contributed by atoms with E-state index in [9.17, 15) is 22.4 Å². The second kappa shape index (κ2) is 22.7. The Hall–Kier alpha value is -3.59. The maximum Gasteiger partial charge on any atom is 0.315 e. The van der Waals surface area contributed by atoms with Gasteiger partial charge in [-0.05, 0) is 75.6 Å². The first kappa shape index (κ1) is 46.9. The fraction of sp³-hybridized carbons (Fsp3) is 0.650. The van der Waals surface area contributed by atoms with Crippen LogP contribution in [0, 0.1) is 0 Å². The van der Waals surface area contributed by atoms with Gasteiger partial charge in [-0.2, -0.15) is 23.5 Å². The summed E-state index contributed by atoms with van der Waals surface area (Å²) in [5, 5.41) is 30.7. The van der Waals surface area contributed by atoms with Crippen LogP contribution in [-0.2, 0) is 35.8 Å². The van der Waals surface area contributed by atoms with Crippen molar-refractivity contribution >= 4 is 63.5 Å². The molecule has 4 fully saturated rings. The standard InChI is InChI=1S/C40H59FN12O4S3.ClH/c41-28(16-17-42)27-60(56,57)32-13-7-12-31(22-32)51(18-8-10-29-23-52(49-47-29)20-5-1-3-14-35-37-33(25-58-35)43-39(54)45-37)19-9-11-30-24-53(50-48-30)21-6-2-4-15-36-38-34(26-59-36)44-40(55)46-38;/h7,12-13,16,22-24,33-38H,1-6,8-11,14-15,17-21,25-27,42H2,(H2,43,45,54)(H2,44,46,55);1H/b28-16-;/t33-,34-,35-,36-,37-,38-;/m0./s1. The highest BCUT2D eigenvalue weighted by molar-refractivity contribution is 8.00. The summed E-state index contributed by atoms with van der Waals surface area (Å²) in [5.74, 6) is 0.465. The Bertz CT molecular complexity index is 1950. The topological polar surface area (TPSA) is 207 Å². The van der Waals surface area contributed by atoms with Gasteiger partial charge in [-0.1, -0.05) is 42.2 Å². The fourth-order valence-corrected chi connectivity index (χ4v) is 12.9. The van der Waals surface area contributed by atoms with Crippen LogP contribution in [-0.4, -0.2) is 122 Å². The zero-order valence-electron chi connectivity index (χ0n) is 34.5. The van der Waals surface area contributed by atoms with Crippen LogP contribution in [0.25, 0.3) is 0 Å². The Balaban J connectivity index is 0.00000622. The van der Waals surface area contributed by atoms with Gasteiger partial charge in [0.2, 0.25) is 0 Å². The molecule has 6 atom stereocenters. The lowest BCUT2D eigenvalue weighted by Gasteiger charge is -2.25. The molecule has 6 N–H and O–H groups in total. The van der Waals surface area contributed by atoms with Gasteiger partial charge in [0.25, 0.3) is 0 Å². The molecular formula is C40H60ClFN12O4S3. The minimum absolute atomic E-state index is 0. The van der Waals surface area contributed by atoms with E-state index in [0.29, 0.717) is 36.4 Å². The molecular weight excluding hydrogens is 863 g/mol. The van der Waals surface area contributed by atoms with E-state index in [4.69, 9.17) is 5.73 Å². The second-order valence-electron chi connectivity index (χ2n) is 16.2. The van der Waals surface area contributed by atoms with E-state index in [0.717, 1.165) is 112 Å². The Morgan fingerprint density at radius 2 is 1.34 bits per heavy atom. The molecule has 2 aromatic heterocycles. The van der Waals surface area contributed by atoms with Crippen LogP contribution in [0.3, 0.4) is 0 Å². The van der Waals surface area contributed by atoms with Crippen molar-refractivity contribution in [3.63, 3.8) is 0 Å². The molecule has 4 amide bonds. The van der Waals surface area contributed by atoms with Gasteiger partial charge in [-0.3, -0.25) is 9.36 Å². The van der Waals surface area contributed by atoms with Crippen LogP contribution >= 0.6 is 35.9 Å². The van der Waals surface area contributed by atoms with Gasteiger partial charge < -0.3 is 31.9 Å². The molecule has 4 saturated heterocycles. The summed E-state index contributed by atoms with van der Waals surface area (Å²) < 4.78 is 44.3. The average Bonchev–Trinajstić information content (AvgIpc) is 4.09. The lowest BCUT2D eigenvalue weighted by molar-refractivity contribution is 0.246. The number of aromatic nitrogens is 6. The molecule has 16 nitrogen and oxygen atoms in total. The van der Waals surface area contributed by atoms with Gasteiger partial charge in [0.05, 0.1) is 40.5 Å². The minimum atomic E-state index is -3.91. The van der Waals surface area contributed by atoms with E-state index in [-0.39, 0.29) is 60.1 Å². The molecule has 4 aliphatic rings. The number of aryl methyl sites for hydroxylation is 4. The number of fused-ring (bicyclic) bond motifs is 2. The highest BCUT2D eigenvalue weighted by atomic mass is 35.5. The zero-order chi connectivity index (χ0) is 41.9. The van der Waals surface area contributed by atoms with Crippen molar-refractivity contribution in [1.82, 2.24) is 51.3 Å². The first-order valence-electron chi connectivity index (χ1n) is 21.4. The largest absolute Gasteiger partial charge is 0.371 e. The van der Waals surface area contributed by atoms with Crippen LogP contribution in [0.15, 0.2) is 53.5 Å². The molecule has 1 aromatic carbocycles. The molecule has 61 heavy (non-hydrogen) atoms. The molecule has 6 heterocycles. The van der Waals surface area contributed by atoms with E-state index >= 15 is 0 Å². The van der Waals surface area contributed by atoms with Crippen molar-refractivity contribution in [2.75, 3.05) is 41.8 Å². The number of anilines is 1.